The molecule has 0 atom stereocenters. The summed E-state index contributed by atoms with van der Waals surface area (Å²) in [6, 6.07) is 8.77. The lowest BCUT2D eigenvalue weighted by Gasteiger charge is -2.39. The van der Waals surface area contributed by atoms with Crippen LogP contribution < -0.4 is 4.90 Å². The van der Waals surface area contributed by atoms with Crippen LogP contribution in [0.2, 0.25) is 0 Å². The molecule has 1 aliphatic heterocycles. The molecule has 0 spiro atoms. The summed E-state index contributed by atoms with van der Waals surface area (Å²) >= 11 is 0. The molecule has 0 N–H and O–H groups in total. The summed E-state index contributed by atoms with van der Waals surface area (Å²) in [6.45, 7) is 14.2. The number of benzene rings is 1. The van der Waals surface area contributed by atoms with Crippen molar-refractivity contribution < 1.29 is 4.79 Å². The molecule has 0 unspecified atom stereocenters. The fourth-order valence-electron chi connectivity index (χ4n) is 3.59. The first-order valence-electron chi connectivity index (χ1n) is 9.48. The fourth-order valence-corrected chi connectivity index (χ4v) is 3.59. The number of carbonyl (C=O) groups is 1. The predicted octanol–water partition coefficient (Wildman–Crippen LogP) is 4.49. The predicted molar refractivity (Wildman–Crippen MR) is 102 cm³/mol. The number of hydrogen-bond acceptors (Lipinski definition) is 2. The van der Waals surface area contributed by atoms with Crippen molar-refractivity contribution in [1.82, 2.24) is 4.90 Å². The zero-order chi connectivity index (χ0) is 17.7. The molecule has 1 fully saturated rings. The highest BCUT2D eigenvalue weighted by molar-refractivity contribution is 5.94. The van der Waals surface area contributed by atoms with Crippen LogP contribution in [0.4, 0.5) is 5.69 Å². The lowest BCUT2D eigenvalue weighted by Crippen LogP contribution is -2.48. The van der Waals surface area contributed by atoms with Crippen molar-refractivity contribution in [3.8, 4) is 0 Å². The zero-order valence-electron chi connectivity index (χ0n) is 16.1. The first kappa shape index (κ1) is 19.0. The largest absolute Gasteiger partial charge is 0.309 e. The van der Waals surface area contributed by atoms with Crippen LogP contribution in [-0.2, 0) is 4.79 Å². The molecule has 1 saturated heterocycles. The van der Waals surface area contributed by atoms with Crippen LogP contribution in [0.3, 0.4) is 0 Å². The van der Waals surface area contributed by atoms with Crippen LogP contribution in [-0.4, -0.2) is 36.5 Å². The van der Waals surface area contributed by atoms with Crippen LogP contribution >= 0.6 is 0 Å². The second kappa shape index (κ2) is 8.66. The van der Waals surface area contributed by atoms with Gasteiger partial charge >= 0.3 is 0 Å². The summed E-state index contributed by atoms with van der Waals surface area (Å²) in [7, 11) is 0. The van der Waals surface area contributed by atoms with Gasteiger partial charge in [-0.25, -0.2) is 0 Å². The Balaban J connectivity index is 2.11. The van der Waals surface area contributed by atoms with Crippen molar-refractivity contribution in [1.29, 1.82) is 0 Å². The molecule has 0 radical (unpaired) electrons. The van der Waals surface area contributed by atoms with Crippen molar-refractivity contribution in [2.75, 3.05) is 24.5 Å². The summed E-state index contributed by atoms with van der Waals surface area (Å²) < 4.78 is 0. The van der Waals surface area contributed by atoms with E-state index in [-0.39, 0.29) is 5.91 Å². The minimum Gasteiger partial charge on any atom is -0.309 e. The molecule has 3 heteroatoms. The van der Waals surface area contributed by atoms with Crippen molar-refractivity contribution in [2.45, 2.75) is 59.9 Å². The number of anilines is 1. The number of carbonyl (C=O) groups excluding carboxylic acids is 1. The molecule has 0 aromatic heterocycles. The van der Waals surface area contributed by atoms with E-state index in [0.29, 0.717) is 24.3 Å². The summed E-state index contributed by atoms with van der Waals surface area (Å²) in [5.41, 5.74) is 2.30. The van der Waals surface area contributed by atoms with Gasteiger partial charge in [-0.3, -0.25) is 4.79 Å². The first-order chi connectivity index (χ1) is 11.4. The molecule has 134 valence electrons. The van der Waals surface area contributed by atoms with Crippen molar-refractivity contribution >= 4 is 11.6 Å². The average Bonchev–Trinajstić information content (AvgIpc) is 2.50. The molecule has 1 amide bonds. The number of amides is 1. The third kappa shape index (κ3) is 5.34. The van der Waals surface area contributed by atoms with E-state index in [2.05, 4.69) is 68.7 Å². The van der Waals surface area contributed by atoms with Gasteiger partial charge in [-0.2, -0.15) is 0 Å². The van der Waals surface area contributed by atoms with Gasteiger partial charge in [0.15, 0.2) is 0 Å². The lowest BCUT2D eigenvalue weighted by atomic mass is 9.99. The molecule has 1 aromatic carbocycles. The molecule has 0 bridgehead atoms. The highest BCUT2D eigenvalue weighted by Gasteiger charge is 2.29. The van der Waals surface area contributed by atoms with Gasteiger partial charge in [-0.1, -0.05) is 45.4 Å². The normalized spacial score (nSPS) is 16.8. The minimum atomic E-state index is 0.274. The highest BCUT2D eigenvalue weighted by Crippen LogP contribution is 2.26. The quantitative estimate of drug-likeness (QED) is 0.767. The van der Waals surface area contributed by atoms with Gasteiger partial charge in [0.1, 0.15) is 0 Å². The van der Waals surface area contributed by atoms with Crippen LogP contribution in [0.1, 0.15) is 52.5 Å². The SMILES string of the molecule is Cc1ccc(N(C(=O)CC(C)C)C2CCN(CC(C)C)CC2)cc1. The standard InChI is InChI=1S/C21H34N2O/c1-16(2)14-21(24)23(19-8-6-18(5)7-9-19)20-10-12-22(13-11-20)15-17(3)4/h6-9,16-17,20H,10-15H2,1-5H3. The summed E-state index contributed by atoms with van der Waals surface area (Å²) in [5.74, 6) is 1.37. The monoisotopic (exact) mass is 330 g/mol. The van der Waals surface area contributed by atoms with Gasteiger partial charge in [-0.15, -0.1) is 0 Å². The van der Waals surface area contributed by atoms with Crippen LogP contribution in [0.15, 0.2) is 24.3 Å². The Labute approximate surface area is 148 Å². The first-order valence-corrected chi connectivity index (χ1v) is 9.48. The van der Waals surface area contributed by atoms with Crippen LogP contribution in [0.25, 0.3) is 0 Å². The van der Waals surface area contributed by atoms with Gasteiger partial charge in [-0.05, 0) is 43.7 Å². The van der Waals surface area contributed by atoms with E-state index in [1.807, 2.05) is 0 Å². The number of nitrogens with zero attached hydrogens (tertiary/aromatic N) is 2. The Kier molecular flexibility index (Phi) is 6.85. The van der Waals surface area contributed by atoms with Gasteiger partial charge in [0, 0.05) is 37.8 Å². The van der Waals surface area contributed by atoms with Gasteiger partial charge in [0.05, 0.1) is 0 Å². The Hall–Kier alpha value is -1.35. The number of piperidine rings is 1. The topological polar surface area (TPSA) is 23.6 Å². The maximum Gasteiger partial charge on any atom is 0.227 e. The Morgan fingerprint density at radius 2 is 1.67 bits per heavy atom. The van der Waals surface area contributed by atoms with E-state index in [9.17, 15) is 4.79 Å². The van der Waals surface area contributed by atoms with Gasteiger partial charge in [0.2, 0.25) is 5.91 Å². The third-order valence-corrected chi connectivity index (χ3v) is 4.71. The minimum absolute atomic E-state index is 0.274. The maximum absolute atomic E-state index is 12.9. The number of hydrogen-bond donors (Lipinski definition) is 0. The maximum atomic E-state index is 12.9. The Morgan fingerprint density at radius 3 is 2.17 bits per heavy atom. The summed E-state index contributed by atoms with van der Waals surface area (Å²) in [5, 5.41) is 0. The molecule has 2 rings (SSSR count). The Bertz CT molecular complexity index is 513. The molecular weight excluding hydrogens is 296 g/mol. The molecule has 0 aliphatic carbocycles. The summed E-state index contributed by atoms with van der Waals surface area (Å²) in [6.07, 6.45) is 2.77. The van der Waals surface area contributed by atoms with E-state index in [1.54, 1.807) is 0 Å². The van der Waals surface area contributed by atoms with Crippen molar-refractivity contribution in [3.05, 3.63) is 29.8 Å². The van der Waals surface area contributed by atoms with E-state index in [1.165, 1.54) is 5.56 Å². The molecular formula is C21H34N2O. The van der Waals surface area contributed by atoms with Gasteiger partial charge in [0.25, 0.3) is 0 Å². The van der Waals surface area contributed by atoms with E-state index in [0.717, 1.165) is 38.2 Å². The third-order valence-electron chi connectivity index (χ3n) is 4.71. The van der Waals surface area contributed by atoms with Crippen LogP contribution in [0.5, 0.6) is 0 Å². The second-order valence-corrected chi connectivity index (χ2v) is 8.12. The average molecular weight is 331 g/mol. The second-order valence-electron chi connectivity index (χ2n) is 8.12. The molecule has 1 aromatic rings. The fraction of sp³-hybridized carbons (Fsp3) is 0.667. The lowest BCUT2D eigenvalue weighted by molar-refractivity contribution is -0.120. The summed E-state index contributed by atoms with van der Waals surface area (Å²) in [4.78, 5) is 17.5. The molecule has 0 saturated carbocycles. The number of rotatable bonds is 6. The zero-order valence-corrected chi connectivity index (χ0v) is 16.1. The molecule has 3 nitrogen and oxygen atoms in total. The van der Waals surface area contributed by atoms with Crippen molar-refractivity contribution in [3.63, 3.8) is 0 Å². The number of likely N-dealkylation sites (tertiary alicyclic amines) is 1. The molecule has 1 aliphatic rings. The van der Waals surface area contributed by atoms with Crippen LogP contribution in [0, 0.1) is 18.8 Å². The van der Waals surface area contributed by atoms with E-state index >= 15 is 0 Å². The molecule has 24 heavy (non-hydrogen) atoms. The number of aryl methyl sites for hydroxylation is 1. The van der Waals surface area contributed by atoms with Crippen molar-refractivity contribution in [2.24, 2.45) is 11.8 Å². The smallest absolute Gasteiger partial charge is 0.227 e. The van der Waals surface area contributed by atoms with E-state index in [4.69, 9.17) is 0 Å². The Morgan fingerprint density at radius 1 is 1.08 bits per heavy atom. The van der Waals surface area contributed by atoms with Gasteiger partial charge < -0.3 is 9.80 Å². The van der Waals surface area contributed by atoms with E-state index < -0.39 is 0 Å². The molecule has 1 heterocycles. The highest BCUT2D eigenvalue weighted by atomic mass is 16.2.